The van der Waals surface area contributed by atoms with E-state index in [4.69, 9.17) is 24.3 Å². The molecule has 252 valence electrons. The monoisotopic (exact) mass is 647 g/mol. The van der Waals surface area contributed by atoms with Gasteiger partial charge in [0.25, 0.3) is 0 Å². The highest BCUT2D eigenvalue weighted by Crippen LogP contribution is 2.67. The molecule has 47 heavy (non-hydrogen) atoms. The number of benzene rings is 1. The number of ether oxygens (including phenoxy) is 3. The van der Waals surface area contributed by atoms with Gasteiger partial charge in [0.2, 0.25) is 0 Å². The summed E-state index contributed by atoms with van der Waals surface area (Å²) in [6.07, 6.45) is 1.35. The van der Waals surface area contributed by atoms with E-state index in [9.17, 15) is 19.5 Å². The number of hydrogen-bond donors (Lipinski definition) is 1. The minimum Gasteiger partial charge on any atom is -0.481 e. The summed E-state index contributed by atoms with van der Waals surface area (Å²) in [7, 11) is 0. The minimum atomic E-state index is -1.31. The van der Waals surface area contributed by atoms with E-state index in [0.717, 1.165) is 35.7 Å². The summed E-state index contributed by atoms with van der Waals surface area (Å²) in [5.74, 6) is -1.95. The maximum atomic E-state index is 13.3. The number of carboxylic acid groups (broad SMARTS) is 1. The van der Waals surface area contributed by atoms with Crippen molar-refractivity contribution in [3.8, 4) is 0 Å². The van der Waals surface area contributed by atoms with Crippen LogP contribution >= 0.6 is 0 Å². The Labute approximate surface area is 275 Å². The number of hydrogen-bond acceptors (Lipinski definition) is 9. The first-order valence-electron chi connectivity index (χ1n) is 16.1. The van der Waals surface area contributed by atoms with Crippen molar-refractivity contribution in [2.75, 3.05) is 31.1 Å². The lowest BCUT2D eigenvalue weighted by Gasteiger charge is -2.49. The van der Waals surface area contributed by atoms with Gasteiger partial charge in [0, 0.05) is 30.5 Å². The van der Waals surface area contributed by atoms with Crippen LogP contribution in [-0.4, -0.2) is 80.2 Å². The third-order valence-electron chi connectivity index (χ3n) is 9.55. The summed E-state index contributed by atoms with van der Waals surface area (Å²) < 4.78 is 19.0. The third kappa shape index (κ3) is 5.81. The minimum absolute atomic E-state index is 0.00229. The second-order valence-electron chi connectivity index (χ2n) is 15.7. The number of carbonyl (C=O) groups is 3. The number of anilines is 1. The van der Waals surface area contributed by atoms with E-state index >= 15 is 0 Å². The van der Waals surface area contributed by atoms with Crippen molar-refractivity contribution in [2.45, 2.75) is 90.4 Å². The standard InChI is InChI=1S/C35H45N5O7/c1-22-16-24(38-15-14-33(8,19-38)23-12-10-9-11-13-23)17-40-26(22)36-28(37-40)35-18-34(21-45-35,25(35)27(41)42)20-39(29(43)46-31(2,3)4)30(44)47-32(5,6)7/h9-13,16-17,25H,14-15,18-21H2,1-8H3,(H,41,42)/t25?,33-,34?,35?/m0/s1. The lowest BCUT2D eigenvalue weighted by atomic mass is 9.53. The third-order valence-corrected chi connectivity index (χ3v) is 9.55. The number of aromatic nitrogens is 3. The number of carboxylic acids is 1. The van der Waals surface area contributed by atoms with Gasteiger partial charge in [-0.25, -0.2) is 24.0 Å². The molecule has 3 unspecified atom stereocenters. The van der Waals surface area contributed by atoms with Crippen molar-refractivity contribution >= 4 is 29.5 Å². The van der Waals surface area contributed by atoms with E-state index in [1.807, 2.05) is 19.2 Å². The van der Waals surface area contributed by atoms with Crippen molar-refractivity contribution in [3.05, 3.63) is 59.5 Å². The number of carbonyl (C=O) groups excluding carboxylic acids is 2. The Morgan fingerprint density at radius 2 is 1.70 bits per heavy atom. The summed E-state index contributed by atoms with van der Waals surface area (Å²) in [5.41, 5.74) is -0.291. The number of fused-ring (bicyclic) bond motifs is 2. The van der Waals surface area contributed by atoms with Crippen molar-refractivity contribution < 1.29 is 33.7 Å². The molecule has 3 aromatic rings. The lowest BCUT2D eigenvalue weighted by molar-refractivity contribution is -0.171. The Hall–Kier alpha value is -4.19. The smallest absolute Gasteiger partial charge is 0.419 e. The van der Waals surface area contributed by atoms with Crippen LogP contribution in [0, 0.1) is 18.3 Å². The molecule has 7 rings (SSSR count). The number of amides is 2. The lowest BCUT2D eigenvalue weighted by Crippen LogP contribution is -2.62. The number of aliphatic carboxylic acids is 1. The molecule has 12 heteroatoms. The highest BCUT2D eigenvalue weighted by atomic mass is 16.6. The van der Waals surface area contributed by atoms with E-state index in [1.54, 1.807) is 46.1 Å². The summed E-state index contributed by atoms with van der Waals surface area (Å²) in [6, 6.07) is 12.6. The number of rotatable bonds is 6. The molecule has 1 aromatic carbocycles. The molecule has 1 saturated carbocycles. The highest BCUT2D eigenvalue weighted by molar-refractivity contribution is 5.88. The van der Waals surface area contributed by atoms with Crippen LogP contribution in [0.25, 0.3) is 5.65 Å². The van der Waals surface area contributed by atoms with Crippen molar-refractivity contribution in [2.24, 2.45) is 11.3 Å². The molecule has 0 spiro atoms. The van der Waals surface area contributed by atoms with E-state index in [-0.39, 0.29) is 30.8 Å². The maximum Gasteiger partial charge on any atom is 0.419 e. The first-order chi connectivity index (χ1) is 21.8. The van der Waals surface area contributed by atoms with Crippen molar-refractivity contribution in [3.63, 3.8) is 0 Å². The van der Waals surface area contributed by atoms with Crippen LogP contribution in [-0.2, 0) is 30.0 Å². The molecule has 2 aromatic heterocycles. The first kappa shape index (κ1) is 32.7. The molecular weight excluding hydrogens is 602 g/mol. The molecule has 4 aliphatic rings. The van der Waals surface area contributed by atoms with Crippen LogP contribution in [0.2, 0.25) is 0 Å². The molecule has 2 amide bonds. The van der Waals surface area contributed by atoms with Gasteiger partial charge in [-0.15, -0.1) is 5.10 Å². The van der Waals surface area contributed by atoms with E-state index in [2.05, 4.69) is 42.2 Å². The predicted molar refractivity (Wildman–Crippen MR) is 173 cm³/mol. The van der Waals surface area contributed by atoms with E-state index in [0.29, 0.717) is 5.65 Å². The Kier molecular flexibility index (Phi) is 7.61. The maximum absolute atomic E-state index is 13.3. The molecule has 5 heterocycles. The van der Waals surface area contributed by atoms with Gasteiger partial charge in [0.05, 0.1) is 18.5 Å². The predicted octanol–water partition coefficient (Wildman–Crippen LogP) is 5.69. The fourth-order valence-corrected chi connectivity index (χ4v) is 7.45. The molecule has 1 N–H and O–H groups in total. The molecule has 12 nitrogen and oxygen atoms in total. The first-order valence-corrected chi connectivity index (χ1v) is 16.1. The van der Waals surface area contributed by atoms with Gasteiger partial charge in [0.1, 0.15) is 22.7 Å². The van der Waals surface area contributed by atoms with Gasteiger partial charge in [-0.05, 0) is 78.5 Å². The number of imide groups is 1. The van der Waals surface area contributed by atoms with Crippen molar-refractivity contribution in [1.29, 1.82) is 0 Å². The second kappa shape index (κ2) is 10.9. The Morgan fingerprint density at radius 1 is 1.06 bits per heavy atom. The average molecular weight is 648 g/mol. The van der Waals surface area contributed by atoms with Gasteiger partial charge < -0.3 is 24.2 Å². The van der Waals surface area contributed by atoms with Crippen LogP contribution in [0.1, 0.15) is 78.3 Å². The summed E-state index contributed by atoms with van der Waals surface area (Å²) in [5, 5.41) is 15.3. The molecular formula is C35H45N5O7. The van der Waals surface area contributed by atoms with Crippen molar-refractivity contribution in [1.82, 2.24) is 19.5 Å². The quantitative estimate of drug-likeness (QED) is 0.355. The normalized spacial score (nSPS) is 27.1. The van der Waals surface area contributed by atoms with Crippen LogP contribution in [0.3, 0.4) is 0 Å². The Morgan fingerprint density at radius 3 is 2.30 bits per heavy atom. The fraction of sp³-hybridized carbons (Fsp3) is 0.571. The molecule has 4 fully saturated rings. The molecule has 1 aliphatic carbocycles. The van der Waals surface area contributed by atoms with Gasteiger partial charge >= 0.3 is 18.2 Å². The van der Waals surface area contributed by atoms with Gasteiger partial charge in [0.15, 0.2) is 11.5 Å². The zero-order chi connectivity index (χ0) is 34.2. The summed E-state index contributed by atoms with van der Waals surface area (Å²) in [6.45, 7) is 15.9. The average Bonchev–Trinajstić information content (AvgIpc) is 3.71. The zero-order valence-corrected chi connectivity index (χ0v) is 28.5. The van der Waals surface area contributed by atoms with Crippen LogP contribution in [0.5, 0.6) is 0 Å². The van der Waals surface area contributed by atoms with Gasteiger partial charge in [-0.3, -0.25) is 4.79 Å². The van der Waals surface area contributed by atoms with Crippen LogP contribution < -0.4 is 4.90 Å². The second-order valence-corrected chi connectivity index (χ2v) is 15.7. The van der Waals surface area contributed by atoms with Crippen LogP contribution in [0.15, 0.2) is 42.6 Å². The van der Waals surface area contributed by atoms with Gasteiger partial charge in [-0.2, -0.15) is 0 Å². The molecule has 4 atom stereocenters. The number of pyridine rings is 1. The molecule has 3 aliphatic heterocycles. The Bertz CT molecular complexity index is 1700. The largest absolute Gasteiger partial charge is 0.481 e. The Balaban J connectivity index is 1.28. The number of nitrogens with zero attached hydrogens (tertiary/aromatic N) is 5. The topological polar surface area (TPSA) is 136 Å². The van der Waals surface area contributed by atoms with E-state index < -0.39 is 46.3 Å². The number of aryl methyl sites for hydroxylation is 1. The summed E-state index contributed by atoms with van der Waals surface area (Å²) >= 11 is 0. The molecule has 2 bridgehead atoms. The fourth-order valence-electron chi connectivity index (χ4n) is 7.45. The highest BCUT2D eigenvalue weighted by Gasteiger charge is 2.76. The molecule has 3 saturated heterocycles. The van der Waals surface area contributed by atoms with Gasteiger partial charge in [-0.1, -0.05) is 37.3 Å². The zero-order valence-electron chi connectivity index (χ0n) is 28.5. The van der Waals surface area contributed by atoms with E-state index in [1.165, 1.54) is 5.56 Å². The molecule has 0 radical (unpaired) electrons. The van der Waals surface area contributed by atoms with Crippen LogP contribution in [0.4, 0.5) is 15.3 Å². The summed E-state index contributed by atoms with van der Waals surface area (Å²) in [4.78, 5) is 47.4. The SMILES string of the molecule is Cc1cc(N2CC[C@](C)(c3ccccc3)C2)cn2nc(C34CC(CN(C(=O)OC(C)(C)C)C(=O)OC(C)(C)C)(CO3)C4C(=O)O)nc12.